The summed E-state index contributed by atoms with van der Waals surface area (Å²) in [4.78, 5) is 0. The van der Waals surface area contributed by atoms with Gasteiger partial charge in [-0.1, -0.05) is 30.3 Å². The molecule has 2 aromatic rings. The van der Waals surface area contributed by atoms with Crippen molar-refractivity contribution in [3.63, 3.8) is 0 Å². The maximum absolute atomic E-state index is 5.41. The molecule has 1 heterocycles. The average Bonchev–Trinajstić information content (AvgIpc) is 2.93. The second-order valence-corrected chi connectivity index (χ2v) is 4.32. The van der Waals surface area contributed by atoms with Gasteiger partial charge in [-0.15, -0.1) is 0 Å². The van der Waals surface area contributed by atoms with Gasteiger partial charge in [0.05, 0.1) is 25.0 Å². The highest BCUT2D eigenvalue weighted by atomic mass is 16.5. The predicted molar refractivity (Wildman–Crippen MR) is 71.3 cm³/mol. The van der Waals surface area contributed by atoms with Crippen LogP contribution < -0.4 is 5.32 Å². The summed E-state index contributed by atoms with van der Waals surface area (Å²) in [6.45, 7) is 2.72. The molecule has 0 aliphatic rings. The number of benzene rings is 1. The van der Waals surface area contributed by atoms with E-state index in [0.29, 0.717) is 6.61 Å². The fourth-order valence-electron chi connectivity index (χ4n) is 2.01. The lowest BCUT2D eigenvalue weighted by molar-refractivity contribution is 0.160. The van der Waals surface area contributed by atoms with Crippen molar-refractivity contribution in [3.8, 4) is 0 Å². The molecule has 0 saturated heterocycles. The summed E-state index contributed by atoms with van der Waals surface area (Å²) >= 11 is 0. The largest absolute Gasteiger partial charge is 0.468 e. The summed E-state index contributed by atoms with van der Waals surface area (Å²) in [7, 11) is 1.72. The molecule has 0 radical (unpaired) electrons. The third kappa shape index (κ3) is 3.22. The van der Waals surface area contributed by atoms with Gasteiger partial charge in [-0.25, -0.2) is 0 Å². The Labute approximate surface area is 108 Å². The first-order chi connectivity index (χ1) is 8.81. The molecule has 0 amide bonds. The first kappa shape index (κ1) is 12.9. The first-order valence-corrected chi connectivity index (χ1v) is 6.14. The molecule has 1 aromatic carbocycles. The standard InChI is InChI=1S/C15H19NO2/c1-12(15-9-6-10-18-15)16-14(11-17-2)13-7-4-3-5-8-13/h3-10,12,14,16H,11H2,1-2H3/t12-,14?/m0/s1. The summed E-state index contributed by atoms with van der Waals surface area (Å²) in [6, 6.07) is 14.5. The molecule has 0 saturated carbocycles. The van der Waals surface area contributed by atoms with E-state index in [4.69, 9.17) is 9.15 Å². The van der Waals surface area contributed by atoms with Crippen molar-refractivity contribution in [3.05, 3.63) is 60.1 Å². The maximum atomic E-state index is 5.41. The molecular formula is C15H19NO2. The molecule has 1 aromatic heterocycles. The van der Waals surface area contributed by atoms with Crippen molar-refractivity contribution in [2.24, 2.45) is 0 Å². The summed E-state index contributed by atoms with van der Waals surface area (Å²) in [5.74, 6) is 0.937. The third-order valence-corrected chi connectivity index (χ3v) is 2.96. The van der Waals surface area contributed by atoms with Gasteiger partial charge >= 0.3 is 0 Å². The van der Waals surface area contributed by atoms with E-state index in [9.17, 15) is 0 Å². The zero-order chi connectivity index (χ0) is 12.8. The number of methoxy groups -OCH3 is 1. The van der Waals surface area contributed by atoms with E-state index in [0.717, 1.165) is 5.76 Å². The Morgan fingerprint density at radius 3 is 2.56 bits per heavy atom. The Kier molecular flexibility index (Phi) is 4.56. The topological polar surface area (TPSA) is 34.4 Å². The van der Waals surface area contributed by atoms with E-state index in [2.05, 4.69) is 24.4 Å². The van der Waals surface area contributed by atoms with Crippen LogP contribution in [0.4, 0.5) is 0 Å². The minimum Gasteiger partial charge on any atom is -0.468 e. The Bertz CT molecular complexity index is 439. The Balaban J connectivity index is 2.07. The minimum atomic E-state index is 0.153. The van der Waals surface area contributed by atoms with Crippen molar-refractivity contribution < 1.29 is 9.15 Å². The number of hydrogen-bond donors (Lipinski definition) is 1. The SMILES string of the molecule is COCC(N[C@@H](C)c1ccco1)c1ccccc1. The number of ether oxygens (including phenoxy) is 1. The molecule has 2 rings (SSSR count). The molecule has 0 aliphatic heterocycles. The molecule has 0 bridgehead atoms. The van der Waals surface area contributed by atoms with Gasteiger partial charge in [0.15, 0.2) is 0 Å². The Hall–Kier alpha value is -1.58. The van der Waals surface area contributed by atoms with Crippen molar-refractivity contribution in [2.75, 3.05) is 13.7 Å². The van der Waals surface area contributed by atoms with Crippen molar-refractivity contribution in [1.82, 2.24) is 5.32 Å². The Morgan fingerprint density at radius 1 is 1.17 bits per heavy atom. The monoisotopic (exact) mass is 245 g/mol. The number of nitrogens with one attached hydrogen (secondary N) is 1. The molecule has 18 heavy (non-hydrogen) atoms. The molecular weight excluding hydrogens is 226 g/mol. The van der Waals surface area contributed by atoms with E-state index in [1.165, 1.54) is 5.56 Å². The summed E-state index contributed by atoms with van der Waals surface area (Å²) in [5, 5.41) is 3.52. The van der Waals surface area contributed by atoms with Crippen LogP contribution in [0.15, 0.2) is 53.1 Å². The summed E-state index contributed by atoms with van der Waals surface area (Å²) in [5.41, 5.74) is 1.22. The van der Waals surface area contributed by atoms with Crippen LogP contribution >= 0.6 is 0 Å². The normalized spacial score (nSPS) is 14.3. The van der Waals surface area contributed by atoms with Crippen LogP contribution in [0.3, 0.4) is 0 Å². The van der Waals surface area contributed by atoms with Crippen LogP contribution in [0.25, 0.3) is 0 Å². The molecule has 1 N–H and O–H groups in total. The Morgan fingerprint density at radius 2 is 1.94 bits per heavy atom. The smallest absolute Gasteiger partial charge is 0.120 e. The molecule has 0 fully saturated rings. The van der Waals surface area contributed by atoms with Gasteiger partial charge < -0.3 is 9.15 Å². The summed E-state index contributed by atoms with van der Waals surface area (Å²) < 4.78 is 10.7. The fourth-order valence-corrected chi connectivity index (χ4v) is 2.01. The molecule has 96 valence electrons. The quantitative estimate of drug-likeness (QED) is 0.847. The van der Waals surface area contributed by atoms with Crippen LogP contribution in [-0.4, -0.2) is 13.7 Å². The zero-order valence-electron chi connectivity index (χ0n) is 10.8. The minimum absolute atomic E-state index is 0.153. The van der Waals surface area contributed by atoms with Crippen molar-refractivity contribution in [2.45, 2.75) is 19.0 Å². The van der Waals surface area contributed by atoms with E-state index in [-0.39, 0.29) is 12.1 Å². The highest BCUT2D eigenvalue weighted by Crippen LogP contribution is 2.20. The second-order valence-electron chi connectivity index (χ2n) is 4.32. The van der Waals surface area contributed by atoms with E-state index < -0.39 is 0 Å². The van der Waals surface area contributed by atoms with Crippen LogP contribution in [0.2, 0.25) is 0 Å². The van der Waals surface area contributed by atoms with Crippen molar-refractivity contribution in [1.29, 1.82) is 0 Å². The fraction of sp³-hybridized carbons (Fsp3) is 0.333. The predicted octanol–water partition coefficient (Wildman–Crippen LogP) is 3.32. The molecule has 3 nitrogen and oxygen atoms in total. The van der Waals surface area contributed by atoms with Crippen LogP contribution in [-0.2, 0) is 4.74 Å². The average molecular weight is 245 g/mol. The summed E-state index contributed by atoms with van der Waals surface area (Å²) in [6.07, 6.45) is 1.70. The molecule has 0 aliphatic carbocycles. The van der Waals surface area contributed by atoms with Gasteiger partial charge in [0.2, 0.25) is 0 Å². The highest BCUT2D eigenvalue weighted by molar-refractivity contribution is 5.19. The zero-order valence-corrected chi connectivity index (χ0v) is 10.8. The molecule has 2 atom stereocenters. The first-order valence-electron chi connectivity index (χ1n) is 6.14. The van der Waals surface area contributed by atoms with Gasteiger partial charge in [-0.3, -0.25) is 5.32 Å². The van der Waals surface area contributed by atoms with E-state index in [1.54, 1.807) is 13.4 Å². The lowest BCUT2D eigenvalue weighted by atomic mass is 10.1. The van der Waals surface area contributed by atoms with Gasteiger partial charge in [0, 0.05) is 7.11 Å². The lowest BCUT2D eigenvalue weighted by Crippen LogP contribution is -2.27. The molecule has 1 unspecified atom stereocenters. The van der Waals surface area contributed by atoms with Gasteiger partial charge in [0.25, 0.3) is 0 Å². The molecule has 3 heteroatoms. The number of hydrogen-bond acceptors (Lipinski definition) is 3. The number of rotatable bonds is 6. The number of furan rings is 1. The van der Waals surface area contributed by atoms with Crippen LogP contribution in [0.1, 0.15) is 30.3 Å². The second kappa shape index (κ2) is 6.38. The third-order valence-electron chi connectivity index (χ3n) is 2.96. The van der Waals surface area contributed by atoms with Gasteiger partial charge in [-0.2, -0.15) is 0 Å². The van der Waals surface area contributed by atoms with E-state index >= 15 is 0 Å². The van der Waals surface area contributed by atoms with Crippen LogP contribution in [0, 0.1) is 0 Å². The molecule has 0 spiro atoms. The van der Waals surface area contributed by atoms with Crippen molar-refractivity contribution >= 4 is 0 Å². The van der Waals surface area contributed by atoms with Crippen LogP contribution in [0.5, 0.6) is 0 Å². The van der Waals surface area contributed by atoms with E-state index in [1.807, 2.05) is 30.3 Å². The highest BCUT2D eigenvalue weighted by Gasteiger charge is 2.16. The van der Waals surface area contributed by atoms with Gasteiger partial charge in [-0.05, 0) is 24.6 Å². The maximum Gasteiger partial charge on any atom is 0.120 e. The van der Waals surface area contributed by atoms with Gasteiger partial charge in [0.1, 0.15) is 5.76 Å². The lowest BCUT2D eigenvalue weighted by Gasteiger charge is -2.22.